The van der Waals surface area contributed by atoms with E-state index >= 15 is 0 Å². The highest BCUT2D eigenvalue weighted by Gasteiger charge is 2.15. The van der Waals surface area contributed by atoms with E-state index in [4.69, 9.17) is 5.11 Å². The Bertz CT molecular complexity index is 368. The van der Waals surface area contributed by atoms with Crippen LogP contribution >= 0.6 is 0 Å². The summed E-state index contributed by atoms with van der Waals surface area (Å²) >= 11 is 0. The molecular weight excluding hydrogens is 206 g/mol. The topological polar surface area (TPSA) is 75.1 Å². The minimum atomic E-state index is -0.238. The van der Waals surface area contributed by atoms with Gasteiger partial charge in [-0.1, -0.05) is 6.92 Å². The Kier molecular flexibility index (Phi) is 4.37. The van der Waals surface area contributed by atoms with Crippen molar-refractivity contribution < 1.29 is 9.90 Å². The van der Waals surface area contributed by atoms with Gasteiger partial charge in [-0.2, -0.15) is 0 Å². The Hall–Kier alpha value is -1.49. The van der Waals surface area contributed by atoms with E-state index in [1.54, 1.807) is 13.0 Å². The van der Waals surface area contributed by atoms with Crippen LogP contribution in [0.1, 0.15) is 30.0 Å². The fraction of sp³-hybridized carbons (Fsp3) is 0.545. The standard InChI is InChI=1S/C11H17N3O2/c1-7(5-15)9(3)14-11(16)10-4-8(2)12-6-13-10/h4,6-7,9,15H,5H2,1-3H3,(H,14,16). The van der Waals surface area contributed by atoms with E-state index < -0.39 is 0 Å². The fourth-order valence-corrected chi connectivity index (χ4v) is 1.16. The van der Waals surface area contributed by atoms with Gasteiger partial charge in [-0.05, 0) is 25.8 Å². The van der Waals surface area contributed by atoms with Crippen molar-refractivity contribution in [3.05, 3.63) is 23.8 Å². The van der Waals surface area contributed by atoms with E-state index in [-0.39, 0.29) is 24.5 Å². The van der Waals surface area contributed by atoms with Crippen molar-refractivity contribution in [3.63, 3.8) is 0 Å². The minimum Gasteiger partial charge on any atom is -0.396 e. The summed E-state index contributed by atoms with van der Waals surface area (Å²) in [7, 11) is 0. The monoisotopic (exact) mass is 223 g/mol. The lowest BCUT2D eigenvalue weighted by atomic mass is 10.1. The molecule has 5 heteroatoms. The average molecular weight is 223 g/mol. The van der Waals surface area contributed by atoms with Gasteiger partial charge in [0.25, 0.3) is 5.91 Å². The van der Waals surface area contributed by atoms with Crippen LogP contribution in [0.2, 0.25) is 0 Å². The summed E-state index contributed by atoms with van der Waals surface area (Å²) in [5, 5.41) is 11.7. The Balaban J connectivity index is 2.66. The second-order valence-electron chi connectivity index (χ2n) is 3.97. The van der Waals surface area contributed by atoms with Gasteiger partial charge in [0, 0.05) is 18.3 Å². The molecule has 88 valence electrons. The number of hydrogen-bond donors (Lipinski definition) is 2. The largest absolute Gasteiger partial charge is 0.396 e. The highest BCUT2D eigenvalue weighted by Crippen LogP contribution is 2.03. The average Bonchev–Trinajstić information content (AvgIpc) is 2.27. The SMILES string of the molecule is Cc1cc(C(=O)NC(C)C(C)CO)ncn1. The smallest absolute Gasteiger partial charge is 0.270 e. The van der Waals surface area contributed by atoms with Crippen molar-refractivity contribution in [3.8, 4) is 0 Å². The minimum absolute atomic E-state index is 0.0203. The summed E-state index contributed by atoms with van der Waals surface area (Å²) in [6, 6.07) is 1.54. The number of aryl methyl sites for hydroxylation is 1. The summed E-state index contributed by atoms with van der Waals surface area (Å²) in [5.41, 5.74) is 1.10. The predicted octanol–water partition coefficient (Wildman–Crippen LogP) is 0.532. The second-order valence-corrected chi connectivity index (χ2v) is 3.97. The molecule has 2 N–H and O–H groups in total. The first kappa shape index (κ1) is 12.6. The number of hydrogen-bond acceptors (Lipinski definition) is 4. The number of aromatic nitrogens is 2. The third-order valence-corrected chi connectivity index (χ3v) is 2.54. The van der Waals surface area contributed by atoms with Crippen molar-refractivity contribution in [1.82, 2.24) is 15.3 Å². The summed E-state index contributed by atoms with van der Waals surface area (Å²) in [6.45, 7) is 5.57. The molecule has 1 aromatic rings. The lowest BCUT2D eigenvalue weighted by Crippen LogP contribution is -2.38. The maximum atomic E-state index is 11.7. The summed E-state index contributed by atoms with van der Waals surface area (Å²) < 4.78 is 0. The number of amides is 1. The van der Waals surface area contributed by atoms with Gasteiger partial charge in [0.15, 0.2) is 0 Å². The number of rotatable bonds is 4. The zero-order valence-electron chi connectivity index (χ0n) is 9.77. The van der Waals surface area contributed by atoms with E-state index in [1.165, 1.54) is 6.33 Å². The van der Waals surface area contributed by atoms with Crippen LogP contribution in [0.3, 0.4) is 0 Å². The van der Waals surface area contributed by atoms with Gasteiger partial charge >= 0.3 is 0 Å². The highest BCUT2D eigenvalue weighted by atomic mass is 16.3. The zero-order chi connectivity index (χ0) is 12.1. The molecular formula is C11H17N3O2. The second kappa shape index (κ2) is 5.55. The molecule has 1 rings (SSSR count). The highest BCUT2D eigenvalue weighted by molar-refractivity contribution is 5.92. The molecule has 16 heavy (non-hydrogen) atoms. The molecule has 1 aromatic heterocycles. The van der Waals surface area contributed by atoms with Crippen LogP contribution < -0.4 is 5.32 Å². The molecule has 0 radical (unpaired) electrons. The van der Waals surface area contributed by atoms with Crippen LogP contribution in [0.5, 0.6) is 0 Å². The lowest BCUT2D eigenvalue weighted by Gasteiger charge is -2.18. The van der Waals surface area contributed by atoms with Gasteiger partial charge in [-0.3, -0.25) is 4.79 Å². The summed E-state index contributed by atoms with van der Waals surface area (Å²) in [5.74, 6) is -0.217. The number of carbonyl (C=O) groups excluding carboxylic acids is 1. The van der Waals surface area contributed by atoms with E-state index in [2.05, 4.69) is 15.3 Å². The molecule has 0 bridgehead atoms. The molecule has 0 saturated carbocycles. The first-order valence-electron chi connectivity index (χ1n) is 5.25. The first-order valence-corrected chi connectivity index (χ1v) is 5.25. The number of nitrogens with one attached hydrogen (secondary N) is 1. The van der Waals surface area contributed by atoms with Crippen LogP contribution in [0, 0.1) is 12.8 Å². The van der Waals surface area contributed by atoms with Crippen LogP contribution in [0.4, 0.5) is 0 Å². The summed E-state index contributed by atoms with van der Waals surface area (Å²) in [6.07, 6.45) is 1.37. The van der Waals surface area contributed by atoms with Gasteiger partial charge in [-0.15, -0.1) is 0 Å². The molecule has 0 aliphatic rings. The van der Waals surface area contributed by atoms with Gasteiger partial charge < -0.3 is 10.4 Å². The van der Waals surface area contributed by atoms with E-state index in [0.717, 1.165) is 5.69 Å². The number of aliphatic hydroxyl groups is 1. The van der Waals surface area contributed by atoms with Crippen LogP contribution in [0.15, 0.2) is 12.4 Å². The van der Waals surface area contributed by atoms with Crippen molar-refractivity contribution in [2.75, 3.05) is 6.61 Å². The van der Waals surface area contributed by atoms with Crippen molar-refractivity contribution >= 4 is 5.91 Å². The Labute approximate surface area is 94.9 Å². The third kappa shape index (κ3) is 3.27. The Morgan fingerprint density at radius 3 is 2.75 bits per heavy atom. The third-order valence-electron chi connectivity index (χ3n) is 2.54. The van der Waals surface area contributed by atoms with Gasteiger partial charge in [-0.25, -0.2) is 9.97 Å². The van der Waals surface area contributed by atoms with Crippen molar-refractivity contribution in [2.24, 2.45) is 5.92 Å². The van der Waals surface area contributed by atoms with E-state index in [0.29, 0.717) is 5.69 Å². The molecule has 1 amide bonds. The normalized spacial score (nSPS) is 14.2. The zero-order valence-corrected chi connectivity index (χ0v) is 9.77. The Morgan fingerprint density at radius 1 is 1.50 bits per heavy atom. The van der Waals surface area contributed by atoms with Gasteiger partial charge in [0.05, 0.1) is 0 Å². The summed E-state index contributed by atoms with van der Waals surface area (Å²) in [4.78, 5) is 19.6. The lowest BCUT2D eigenvalue weighted by molar-refractivity contribution is 0.0911. The van der Waals surface area contributed by atoms with Gasteiger partial charge in [0.2, 0.25) is 0 Å². The number of nitrogens with zero attached hydrogens (tertiary/aromatic N) is 2. The Morgan fingerprint density at radius 2 is 2.19 bits per heavy atom. The number of aliphatic hydroxyl groups excluding tert-OH is 1. The molecule has 0 aromatic carbocycles. The number of carbonyl (C=O) groups is 1. The quantitative estimate of drug-likeness (QED) is 0.780. The fourth-order valence-electron chi connectivity index (χ4n) is 1.16. The van der Waals surface area contributed by atoms with Crippen LogP contribution in [0.25, 0.3) is 0 Å². The molecule has 0 saturated heterocycles. The molecule has 2 atom stereocenters. The van der Waals surface area contributed by atoms with E-state index in [9.17, 15) is 4.79 Å². The van der Waals surface area contributed by atoms with Crippen LogP contribution in [-0.4, -0.2) is 33.6 Å². The molecule has 0 aliphatic heterocycles. The maximum Gasteiger partial charge on any atom is 0.270 e. The van der Waals surface area contributed by atoms with Crippen molar-refractivity contribution in [2.45, 2.75) is 26.8 Å². The molecule has 2 unspecified atom stereocenters. The molecule has 5 nitrogen and oxygen atoms in total. The maximum absolute atomic E-state index is 11.7. The van der Waals surface area contributed by atoms with Crippen molar-refractivity contribution in [1.29, 1.82) is 0 Å². The van der Waals surface area contributed by atoms with Crippen LogP contribution in [-0.2, 0) is 0 Å². The first-order chi connectivity index (χ1) is 7.54. The predicted molar refractivity (Wildman–Crippen MR) is 59.9 cm³/mol. The molecule has 1 heterocycles. The van der Waals surface area contributed by atoms with E-state index in [1.807, 2.05) is 13.8 Å². The van der Waals surface area contributed by atoms with Gasteiger partial charge in [0.1, 0.15) is 12.0 Å². The molecule has 0 fully saturated rings. The molecule has 0 aliphatic carbocycles. The molecule has 0 spiro atoms.